The number of aryl methyl sites for hydroxylation is 3. The molecular formula is C18H18FNO. The van der Waals surface area contributed by atoms with E-state index in [9.17, 15) is 9.18 Å². The molecule has 1 aliphatic rings. The fourth-order valence-electron chi connectivity index (χ4n) is 2.84. The van der Waals surface area contributed by atoms with E-state index in [0.29, 0.717) is 11.3 Å². The van der Waals surface area contributed by atoms with Crippen LogP contribution in [0.15, 0.2) is 36.4 Å². The molecule has 3 rings (SSSR count). The Labute approximate surface area is 124 Å². The standard InChI is InChI=1S/C18H18FNO/c1-12-10-16(19)8-9-17(12)20-18(21)15-7-6-13-4-2-3-5-14(13)11-15/h6-11H,2-5H2,1H3,(H,20,21). The number of nitrogens with one attached hydrogen (secondary N) is 1. The van der Waals surface area contributed by atoms with Crippen LogP contribution in [0.1, 0.15) is 39.9 Å². The van der Waals surface area contributed by atoms with Gasteiger partial charge in [-0.3, -0.25) is 4.79 Å². The number of rotatable bonds is 2. The second kappa shape index (κ2) is 5.68. The number of halogens is 1. The molecule has 2 nitrogen and oxygen atoms in total. The summed E-state index contributed by atoms with van der Waals surface area (Å²) in [5.41, 5.74) is 4.68. The Hall–Kier alpha value is -2.16. The van der Waals surface area contributed by atoms with Gasteiger partial charge in [-0.1, -0.05) is 6.07 Å². The lowest BCUT2D eigenvalue weighted by atomic mass is 9.90. The molecule has 0 radical (unpaired) electrons. The molecule has 3 heteroatoms. The Kier molecular flexibility index (Phi) is 3.74. The van der Waals surface area contributed by atoms with Crippen LogP contribution in [-0.2, 0) is 12.8 Å². The topological polar surface area (TPSA) is 29.1 Å². The molecule has 1 amide bonds. The van der Waals surface area contributed by atoms with E-state index in [1.165, 1.54) is 36.1 Å². The van der Waals surface area contributed by atoms with E-state index < -0.39 is 0 Å². The van der Waals surface area contributed by atoms with Crippen molar-refractivity contribution in [1.29, 1.82) is 0 Å². The van der Waals surface area contributed by atoms with Crippen molar-refractivity contribution in [3.8, 4) is 0 Å². The highest BCUT2D eigenvalue weighted by atomic mass is 19.1. The van der Waals surface area contributed by atoms with Crippen molar-refractivity contribution in [2.24, 2.45) is 0 Å². The van der Waals surface area contributed by atoms with Gasteiger partial charge < -0.3 is 5.32 Å². The molecular weight excluding hydrogens is 265 g/mol. The van der Waals surface area contributed by atoms with Crippen LogP contribution in [0.3, 0.4) is 0 Å². The van der Waals surface area contributed by atoms with Crippen molar-refractivity contribution >= 4 is 11.6 Å². The van der Waals surface area contributed by atoms with Crippen molar-refractivity contribution in [2.45, 2.75) is 32.6 Å². The highest BCUT2D eigenvalue weighted by molar-refractivity contribution is 6.04. The fraction of sp³-hybridized carbons (Fsp3) is 0.278. The van der Waals surface area contributed by atoms with Gasteiger partial charge in [0.05, 0.1) is 0 Å². The maximum Gasteiger partial charge on any atom is 0.255 e. The van der Waals surface area contributed by atoms with Gasteiger partial charge in [0.2, 0.25) is 0 Å². The second-order valence-corrected chi connectivity index (χ2v) is 5.60. The monoisotopic (exact) mass is 283 g/mol. The lowest BCUT2D eigenvalue weighted by molar-refractivity contribution is 0.102. The predicted octanol–water partition coefficient (Wildman–Crippen LogP) is 4.27. The fourth-order valence-corrected chi connectivity index (χ4v) is 2.84. The van der Waals surface area contributed by atoms with Gasteiger partial charge in [-0.05, 0) is 79.6 Å². The van der Waals surface area contributed by atoms with Gasteiger partial charge in [-0.15, -0.1) is 0 Å². The first kappa shape index (κ1) is 13.8. The van der Waals surface area contributed by atoms with E-state index in [-0.39, 0.29) is 11.7 Å². The molecule has 21 heavy (non-hydrogen) atoms. The van der Waals surface area contributed by atoms with Crippen LogP contribution in [0, 0.1) is 12.7 Å². The van der Waals surface area contributed by atoms with E-state index in [2.05, 4.69) is 11.4 Å². The first-order valence-electron chi connectivity index (χ1n) is 7.33. The number of carbonyl (C=O) groups excluding carboxylic acids is 1. The largest absolute Gasteiger partial charge is 0.322 e. The zero-order valence-electron chi connectivity index (χ0n) is 12.1. The molecule has 2 aromatic carbocycles. The summed E-state index contributed by atoms with van der Waals surface area (Å²) in [4.78, 5) is 12.3. The first-order chi connectivity index (χ1) is 10.1. The number of fused-ring (bicyclic) bond motifs is 1. The van der Waals surface area contributed by atoms with Crippen molar-refractivity contribution < 1.29 is 9.18 Å². The molecule has 0 saturated heterocycles. The van der Waals surface area contributed by atoms with E-state index in [4.69, 9.17) is 0 Å². The summed E-state index contributed by atoms with van der Waals surface area (Å²) in [5, 5.41) is 2.85. The Morgan fingerprint density at radius 3 is 2.57 bits per heavy atom. The van der Waals surface area contributed by atoms with Gasteiger partial charge in [0, 0.05) is 11.3 Å². The average molecular weight is 283 g/mol. The molecule has 1 N–H and O–H groups in total. The lowest BCUT2D eigenvalue weighted by Crippen LogP contribution is -2.14. The Bertz CT molecular complexity index is 694. The number of hydrogen-bond acceptors (Lipinski definition) is 1. The first-order valence-corrected chi connectivity index (χ1v) is 7.33. The van der Waals surface area contributed by atoms with E-state index in [1.54, 1.807) is 13.0 Å². The molecule has 0 aliphatic heterocycles. The van der Waals surface area contributed by atoms with Crippen LogP contribution in [0.5, 0.6) is 0 Å². The molecule has 0 aromatic heterocycles. The molecule has 0 unspecified atom stereocenters. The van der Waals surface area contributed by atoms with Crippen molar-refractivity contribution in [3.63, 3.8) is 0 Å². The molecule has 0 heterocycles. The number of benzene rings is 2. The third kappa shape index (κ3) is 2.97. The molecule has 0 spiro atoms. The van der Waals surface area contributed by atoms with Gasteiger partial charge in [0.1, 0.15) is 5.82 Å². The smallest absolute Gasteiger partial charge is 0.255 e. The third-order valence-electron chi connectivity index (χ3n) is 4.05. The molecule has 0 fully saturated rings. The van der Waals surface area contributed by atoms with Crippen LogP contribution in [0.2, 0.25) is 0 Å². The maximum absolute atomic E-state index is 13.1. The SMILES string of the molecule is Cc1cc(F)ccc1NC(=O)c1ccc2c(c1)CCCC2. The minimum Gasteiger partial charge on any atom is -0.322 e. The molecule has 108 valence electrons. The Balaban J connectivity index is 1.82. The third-order valence-corrected chi connectivity index (χ3v) is 4.05. The Morgan fingerprint density at radius 1 is 1.05 bits per heavy atom. The number of carbonyl (C=O) groups is 1. The number of anilines is 1. The van der Waals surface area contributed by atoms with E-state index >= 15 is 0 Å². The average Bonchev–Trinajstić information content (AvgIpc) is 2.49. The summed E-state index contributed by atoms with van der Waals surface area (Å²) < 4.78 is 13.1. The second-order valence-electron chi connectivity index (χ2n) is 5.60. The molecule has 0 saturated carbocycles. The number of amides is 1. The van der Waals surface area contributed by atoms with Crippen LogP contribution >= 0.6 is 0 Å². The van der Waals surface area contributed by atoms with Gasteiger partial charge in [-0.2, -0.15) is 0 Å². The van der Waals surface area contributed by atoms with Crippen LogP contribution in [0.25, 0.3) is 0 Å². The normalized spacial score (nSPS) is 13.6. The minimum atomic E-state index is -0.292. The van der Waals surface area contributed by atoms with Crippen LogP contribution in [-0.4, -0.2) is 5.91 Å². The number of hydrogen-bond donors (Lipinski definition) is 1. The highest BCUT2D eigenvalue weighted by Crippen LogP contribution is 2.23. The molecule has 0 atom stereocenters. The van der Waals surface area contributed by atoms with Gasteiger partial charge in [0.25, 0.3) is 5.91 Å². The van der Waals surface area contributed by atoms with Gasteiger partial charge in [-0.25, -0.2) is 4.39 Å². The van der Waals surface area contributed by atoms with Crippen LogP contribution < -0.4 is 5.32 Å². The quantitative estimate of drug-likeness (QED) is 0.876. The maximum atomic E-state index is 13.1. The van der Waals surface area contributed by atoms with E-state index in [1.807, 2.05) is 12.1 Å². The van der Waals surface area contributed by atoms with Gasteiger partial charge >= 0.3 is 0 Å². The molecule has 1 aliphatic carbocycles. The molecule has 2 aromatic rings. The summed E-state index contributed by atoms with van der Waals surface area (Å²) in [6, 6.07) is 10.3. The van der Waals surface area contributed by atoms with Crippen molar-refractivity contribution in [1.82, 2.24) is 0 Å². The summed E-state index contributed by atoms with van der Waals surface area (Å²) in [7, 11) is 0. The molecule has 0 bridgehead atoms. The zero-order valence-corrected chi connectivity index (χ0v) is 12.1. The highest BCUT2D eigenvalue weighted by Gasteiger charge is 2.13. The minimum absolute atomic E-state index is 0.141. The van der Waals surface area contributed by atoms with Crippen molar-refractivity contribution in [2.75, 3.05) is 5.32 Å². The summed E-state index contributed by atoms with van der Waals surface area (Å²) >= 11 is 0. The summed E-state index contributed by atoms with van der Waals surface area (Å²) in [6.07, 6.45) is 4.57. The summed E-state index contributed by atoms with van der Waals surface area (Å²) in [5.74, 6) is -0.433. The Morgan fingerprint density at radius 2 is 1.81 bits per heavy atom. The van der Waals surface area contributed by atoms with E-state index in [0.717, 1.165) is 18.4 Å². The zero-order chi connectivity index (χ0) is 14.8. The van der Waals surface area contributed by atoms with Crippen molar-refractivity contribution in [3.05, 3.63) is 64.5 Å². The lowest BCUT2D eigenvalue weighted by Gasteiger charge is -2.16. The summed E-state index contributed by atoms with van der Waals surface area (Å²) in [6.45, 7) is 1.78. The van der Waals surface area contributed by atoms with Gasteiger partial charge in [0.15, 0.2) is 0 Å². The predicted molar refractivity (Wildman–Crippen MR) is 82.2 cm³/mol. The van der Waals surface area contributed by atoms with Crippen LogP contribution in [0.4, 0.5) is 10.1 Å².